The molecular formula is C14H19BrO3. The fourth-order valence-corrected chi connectivity index (χ4v) is 2.11. The molecule has 0 bridgehead atoms. The molecule has 0 radical (unpaired) electrons. The highest BCUT2D eigenvalue weighted by Gasteiger charge is 2.15. The molecule has 1 aromatic carbocycles. The summed E-state index contributed by atoms with van der Waals surface area (Å²) < 4.78 is 6.66. The van der Waals surface area contributed by atoms with Crippen LogP contribution in [0.15, 0.2) is 22.7 Å². The number of rotatable bonds is 7. The van der Waals surface area contributed by atoms with Crippen LogP contribution in [-0.4, -0.2) is 17.7 Å². The molecule has 0 amide bonds. The lowest BCUT2D eigenvalue weighted by atomic mass is 9.97. The van der Waals surface area contributed by atoms with Crippen LogP contribution in [0.25, 0.3) is 0 Å². The lowest BCUT2D eigenvalue weighted by Gasteiger charge is -2.16. The van der Waals surface area contributed by atoms with Gasteiger partial charge in [-0.15, -0.1) is 0 Å². The summed E-state index contributed by atoms with van der Waals surface area (Å²) in [4.78, 5) is 10.8. The number of ether oxygens (including phenoxy) is 1. The number of aliphatic carboxylic acids is 1. The van der Waals surface area contributed by atoms with Crippen LogP contribution in [0.2, 0.25) is 0 Å². The summed E-state index contributed by atoms with van der Waals surface area (Å²) in [7, 11) is 0. The average molecular weight is 315 g/mol. The Labute approximate surface area is 116 Å². The maximum Gasteiger partial charge on any atom is 0.303 e. The van der Waals surface area contributed by atoms with E-state index in [9.17, 15) is 4.79 Å². The standard InChI is InChI=1S/C14H19BrO3/c1-3-4-7-18-13-6-5-11(15)9-12(13)10(2)8-14(16)17/h5-6,9-10H,3-4,7-8H2,1-2H3,(H,16,17)/t10-/m0/s1. The third kappa shape index (κ3) is 4.69. The highest BCUT2D eigenvalue weighted by Crippen LogP contribution is 2.31. The minimum absolute atomic E-state index is 0.0587. The zero-order valence-corrected chi connectivity index (χ0v) is 12.4. The highest BCUT2D eigenvalue weighted by molar-refractivity contribution is 9.10. The summed E-state index contributed by atoms with van der Waals surface area (Å²) in [6.07, 6.45) is 2.19. The zero-order valence-electron chi connectivity index (χ0n) is 10.8. The fraction of sp³-hybridized carbons (Fsp3) is 0.500. The minimum Gasteiger partial charge on any atom is -0.493 e. The summed E-state index contributed by atoms with van der Waals surface area (Å²) in [6, 6.07) is 5.75. The van der Waals surface area contributed by atoms with Gasteiger partial charge in [0.1, 0.15) is 5.75 Å². The lowest BCUT2D eigenvalue weighted by molar-refractivity contribution is -0.137. The molecule has 1 aromatic rings. The van der Waals surface area contributed by atoms with Crippen LogP contribution in [0.3, 0.4) is 0 Å². The summed E-state index contributed by atoms with van der Waals surface area (Å²) in [5.41, 5.74) is 0.947. The van der Waals surface area contributed by atoms with Gasteiger partial charge in [-0.05, 0) is 36.1 Å². The Morgan fingerprint density at radius 2 is 2.22 bits per heavy atom. The van der Waals surface area contributed by atoms with Crippen LogP contribution < -0.4 is 4.74 Å². The van der Waals surface area contributed by atoms with Gasteiger partial charge in [-0.3, -0.25) is 4.79 Å². The first-order valence-electron chi connectivity index (χ1n) is 6.18. The molecule has 0 saturated carbocycles. The van der Waals surface area contributed by atoms with Gasteiger partial charge in [0.15, 0.2) is 0 Å². The Hall–Kier alpha value is -1.03. The molecular weight excluding hydrogens is 296 g/mol. The number of hydrogen-bond acceptors (Lipinski definition) is 2. The molecule has 18 heavy (non-hydrogen) atoms. The van der Waals surface area contributed by atoms with Crippen molar-refractivity contribution in [2.75, 3.05) is 6.61 Å². The van der Waals surface area contributed by atoms with E-state index in [-0.39, 0.29) is 12.3 Å². The molecule has 4 heteroatoms. The van der Waals surface area contributed by atoms with E-state index in [1.807, 2.05) is 25.1 Å². The van der Waals surface area contributed by atoms with E-state index >= 15 is 0 Å². The average Bonchev–Trinajstić information content (AvgIpc) is 2.30. The van der Waals surface area contributed by atoms with E-state index in [1.54, 1.807) is 0 Å². The monoisotopic (exact) mass is 314 g/mol. The van der Waals surface area contributed by atoms with Gasteiger partial charge >= 0.3 is 5.97 Å². The number of carbonyl (C=O) groups is 1. The van der Waals surface area contributed by atoms with Gasteiger partial charge in [-0.2, -0.15) is 0 Å². The quantitative estimate of drug-likeness (QED) is 0.767. The SMILES string of the molecule is CCCCOc1ccc(Br)cc1[C@@H](C)CC(=O)O. The Bertz CT molecular complexity index is 404. The van der Waals surface area contributed by atoms with Gasteiger partial charge in [-0.25, -0.2) is 0 Å². The van der Waals surface area contributed by atoms with E-state index in [1.165, 1.54) is 0 Å². The lowest BCUT2D eigenvalue weighted by Crippen LogP contribution is -2.06. The smallest absolute Gasteiger partial charge is 0.303 e. The summed E-state index contributed by atoms with van der Waals surface area (Å²) in [5.74, 6) is -0.0565. The van der Waals surface area contributed by atoms with Crippen molar-refractivity contribution in [3.63, 3.8) is 0 Å². The van der Waals surface area contributed by atoms with Crippen LogP contribution in [0.5, 0.6) is 5.75 Å². The maximum atomic E-state index is 10.8. The van der Waals surface area contributed by atoms with Crippen molar-refractivity contribution < 1.29 is 14.6 Å². The van der Waals surface area contributed by atoms with E-state index in [0.717, 1.165) is 28.6 Å². The van der Waals surface area contributed by atoms with Crippen molar-refractivity contribution >= 4 is 21.9 Å². The third-order valence-electron chi connectivity index (χ3n) is 2.74. The van der Waals surface area contributed by atoms with Gasteiger partial charge in [0.2, 0.25) is 0 Å². The van der Waals surface area contributed by atoms with Crippen LogP contribution in [0, 0.1) is 0 Å². The largest absolute Gasteiger partial charge is 0.493 e. The van der Waals surface area contributed by atoms with Crippen molar-refractivity contribution in [1.82, 2.24) is 0 Å². The second kappa shape index (κ2) is 7.41. The van der Waals surface area contributed by atoms with Gasteiger partial charge < -0.3 is 9.84 Å². The highest BCUT2D eigenvalue weighted by atomic mass is 79.9. The summed E-state index contributed by atoms with van der Waals surface area (Å²) in [6.45, 7) is 4.69. The molecule has 0 saturated heterocycles. The molecule has 0 aliphatic heterocycles. The van der Waals surface area contributed by atoms with Crippen LogP contribution >= 0.6 is 15.9 Å². The first kappa shape index (κ1) is 15.0. The number of carboxylic acids is 1. The molecule has 1 N–H and O–H groups in total. The predicted octanol–water partition coefficient (Wildman–Crippen LogP) is 4.21. The molecule has 0 aromatic heterocycles. The van der Waals surface area contributed by atoms with Crippen LogP contribution in [0.4, 0.5) is 0 Å². The first-order chi connectivity index (χ1) is 8.54. The van der Waals surface area contributed by atoms with Crippen molar-refractivity contribution in [2.45, 2.75) is 39.0 Å². The van der Waals surface area contributed by atoms with Gasteiger partial charge in [0.25, 0.3) is 0 Å². The molecule has 0 fully saturated rings. The molecule has 1 rings (SSSR count). The van der Waals surface area contributed by atoms with E-state index in [0.29, 0.717) is 6.61 Å². The Morgan fingerprint density at radius 1 is 1.50 bits per heavy atom. The zero-order chi connectivity index (χ0) is 13.5. The first-order valence-corrected chi connectivity index (χ1v) is 6.98. The second-order valence-electron chi connectivity index (χ2n) is 4.38. The minimum atomic E-state index is -0.790. The normalized spacial score (nSPS) is 12.2. The predicted molar refractivity (Wildman–Crippen MR) is 75.2 cm³/mol. The Morgan fingerprint density at radius 3 is 2.83 bits per heavy atom. The number of benzene rings is 1. The van der Waals surface area contributed by atoms with Gasteiger partial charge in [0, 0.05) is 4.47 Å². The Kier molecular flexibility index (Phi) is 6.19. The van der Waals surface area contributed by atoms with E-state index in [4.69, 9.17) is 9.84 Å². The molecule has 100 valence electrons. The number of hydrogen-bond donors (Lipinski definition) is 1. The maximum absolute atomic E-state index is 10.8. The Balaban J connectivity index is 2.85. The third-order valence-corrected chi connectivity index (χ3v) is 3.23. The summed E-state index contributed by atoms with van der Waals surface area (Å²) >= 11 is 3.41. The summed E-state index contributed by atoms with van der Waals surface area (Å²) in [5, 5.41) is 8.87. The number of halogens is 1. The molecule has 0 unspecified atom stereocenters. The molecule has 0 heterocycles. The topological polar surface area (TPSA) is 46.5 Å². The van der Waals surface area contributed by atoms with Crippen LogP contribution in [-0.2, 0) is 4.79 Å². The molecule has 0 aliphatic carbocycles. The van der Waals surface area contributed by atoms with E-state index < -0.39 is 5.97 Å². The van der Waals surface area contributed by atoms with Gasteiger partial charge in [0.05, 0.1) is 13.0 Å². The molecule has 0 spiro atoms. The fourth-order valence-electron chi connectivity index (χ4n) is 1.73. The second-order valence-corrected chi connectivity index (χ2v) is 5.30. The molecule has 3 nitrogen and oxygen atoms in total. The van der Waals surface area contributed by atoms with Crippen LogP contribution in [0.1, 0.15) is 44.6 Å². The van der Waals surface area contributed by atoms with Crippen molar-refractivity contribution in [3.8, 4) is 5.75 Å². The molecule has 1 atom stereocenters. The van der Waals surface area contributed by atoms with Gasteiger partial charge in [-0.1, -0.05) is 36.2 Å². The number of carboxylic acid groups (broad SMARTS) is 1. The van der Waals surface area contributed by atoms with Crippen molar-refractivity contribution in [3.05, 3.63) is 28.2 Å². The van der Waals surface area contributed by atoms with Crippen molar-refractivity contribution in [1.29, 1.82) is 0 Å². The van der Waals surface area contributed by atoms with E-state index in [2.05, 4.69) is 22.9 Å². The van der Waals surface area contributed by atoms with Crippen molar-refractivity contribution in [2.24, 2.45) is 0 Å². The molecule has 0 aliphatic rings. The number of unbranched alkanes of at least 4 members (excludes halogenated alkanes) is 1.